The molecule has 8 heteroatoms. The molecule has 0 aromatic heterocycles. The monoisotopic (exact) mass is 450 g/mol. The lowest BCUT2D eigenvalue weighted by molar-refractivity contribution is -0.120. The van der Waals surface area contributed by atoms with Crippen LogP contribution in [0.2, 0.25) is 0 Å². The fraction of sp³-hybridized carbons (Fsp3) is 0.120. The average Bonchev–Trinajstić information content (AvgIpc) is 3.03. The van der Waals surface area contributed by atoms with Crippen molar-refractivity contribution >= 4 is 28.8 Å². The number of amides is 2. The molecule has 168 valence electrons. The highest BCUT2D eigenvalue weighted by Crippen LogP contribution is 2.37. The first-order valence-electron chi connectivity index (χ1n) is 9.98. The smallest absolute Gasteiger partial charge is 0.282 e. The van der Waals surface area contributed by atoms with Crippen molar-refractivity contribution in [3.05, 3.63) is 89.1 Å². The molecular formula is C25H20F2N2O4. The number of imide groups is 1. The van der Waals surface area contributed by atoms with Gasteiger partial charge in [-0.25, -0.2) is 13.7 Å². The second kappa shape index (κ2) is 8.74. The lowest BCUT2D eigenvalue weighted by atomic mass is 10.0. The number of nitrogens with one attached hydrogen (secondary N) is 1. The topological polar surface area (TPSA) is 67.9 Å². The van der Waals surface area contributed by atoms with E-state index < -0.39 is 23.4 Å². The molecule has 0 bridgehead atoms. The molecule has 6 nitrogen and oxygen atoms in total. The molecule has 0 saturated carbocycles. The summed E-state index contributed by atoms with van der Waals surface area (Å²) in [5, 5.41) is 3.00. The number of hydrogen-bond donors (Lipinski definition) is 1. The SMILES string of the molecule is COc1ccc(C2=C(Nc3cc(C)ccc3OC)C(=O)N(c3ccc(F)cc3F)C2=O)cc1. The molecule has 1 N–H and O–H groups in total. The van der Waals surface area contributed by atoms with Gasteiger partial charge >= 0.3 is 0 Å². The molecule has 0 aliphatic carbocycles. The van der Waals surface area contributed by atoms with Gasteiger partial charge in [-0.2, -0.15) is 0 Å². The Bertz CT molecular complexity index is 1290. The van der Waals surface area contributed by atoms with Crippen LogP contribution >= 0.6 is 0 Å². The molecule has 33 heavy (non-hydrogen) atoms. The first-order valence-corrected chi connectivity index (χ1v) is 9.98. The minimum absolute atomic E-state index is 0.0370. The number of carbonyl (C=O) groups is 2. The summed E-state index contributed by atoms with van der Waals surface area (Å²) in [7, 11) is 2.99. The summed E-state index contributed by atoms with van der Waals surface area (Å²) in [4.78, 5) is 27.5. The fourth-order valence-corrected chi connectivity index (χ4v) is 3.61. The molecule has 0 saturated heterocycles. The van der Waals surface area contributed by atoms with E-state index in [1.165, 1.54) is 14.2 Å². The lowest BCUT2D eigenvalue weighted by Gasteiger charge is -2.17. The zero-order valence-electron chi connectivity index (χ0n) is 18.1. The Balaban J connectivity index is 1.86. The van der Waals surface area contributed by atoms with Gasteiger partial charge in [-0.1, -0.05) is 18.2 Å². The van der Waals surface area contributed by atoms with E-state index in [1.807, 2.05) is 13.0 Å². The van der Waals surface area contributed by atoms with Gasteiger partial charge in [-0.3, -0.25) is 9.59 Å². The molecule has 0 radical (unpaired) electrons. The van der Waals surface area contributed by atoms with Crippen LogP contribution in [0.1, 0.15) is 11.1 Å². The number of benzene rings is 3. The molecule has 1 heterocycles. The third-order valence-corrected chi connectivity index (χ3v) is 5.23. The maximum atomic E-state index is 14.5. The molecule has 2 amide bonds. The van der Waals surface area contributed by atoms with E-state index in [0.29, 0.717) is 33.7 Å². The number of methoxy groups -OCH3 is 2. The van der Waals surface area contributed by atoms with Crippen molar-refractivity contribution in [1.29, 1.82) is 0 Å². The number of anilines is 2. The number of nitrogens with zero attached hydrogens (tertiary/aromatic N) is 1. The van der Waals surface area contributed by atoms with E-state index >= 15 is 0 Å². The Kier molecular flexibility index (Phi) is 5.83. The van der Waals surface area contributed by atoms with Gasteiger partial charge in [0.05, 0.1) is 31.2 Å². The van der Waals surface area contributed by atoms with Crippen LogP contribution in [0.25, 0.3) is 5.57 Å². The number of rotatable bonds is 6. The summed E-state index contributed by atoms with van der Waals surface area (Å²) in [6.07, 6.45) is 0. The van der Waals surface area contributed by atoms with Crippen LogP contribution in [0.15, 0.2) is 66.4 Å². The van der Waals surface area contributed by atoms with Crippen LogP contribution in [0, 0.1) is 18.6 Å². The summed E-state index contributed by atoms with van der Waals surface area (Å²) in [5.41, 5.74) is 1.41. The number of aryl methyl sites for hydroxylation is 1. The first-order chi connectivity index (χ1) is 15.8. The second-order valence-corrected chi connectivity index (χ2v) is 7.35. The van der Waals surface area contributed by atoms with Gasteiger partial charge in [0.1, 0.15) is 28.8 Å². The molecule has 0 unspecified atom stereocenters. The van der Waals surface area contributed by atoms with Crippen LogP contribution in [0.3, 0.4) is 0 Å². The Morgan fingerprint density at radius 1 is 0.848 bits per heavy atom. The third kappa shape index (κ3) is 4.03. The summed E-state index contributed by atoms with van der Waals surface area (Å²) in [5.74, 6) is -2.35. The van der Waals surface area contributed by atoms with Crippen LogP contribution < -0.4 is 19.7 Å². The summed E-state index contributed by atoms with van der Waals surface area (Å²) in [6.45, 7) is 1.87. The molecule has 0 atom stereocenters. The number of hydrogen-bond acceptors (Lipinski definition) is 5. The summed E-state index contributed by atoms with van der Waals surface area (Å²) < 4.78 is 38.5. The summed E-state index contributed by atoms with van der Waals surface area (Å²) >= 11 is 0. The zero-order valence-corrected chi connectivity index (χ0v) is 18.1. The molecule has 3 aromatic carbocycles. The van der Waals surface area contributed by atoms with Gasteiger partial charge in [-0.05, 0) is 54.4 Å². The first kappa shape index (κ1) is 22.0. The summed E-state index contributed by atoms with van der Waals surface area (Å²) in [6, 6.07) is 14.5. The van der Waals surface area contributed by atoms with Crippen LogP contribution in [0.5, 0.6) is 11.5 Å². The van der Waals surface area contributed by atoms with Gasteiger partial charge in [0.2, 0.25) is 0 Å². The maximum absolute atomic E-state index is 14.5. The molecular weight excluding hydrogens is 430 g/mol. The predicted octanol–water partition coefficient (Wildman–Crippen LogP) is 4.69. The standard InChI is InChI=1S/C25H20F2N2O4/c1-14-4-11-21(33-3)19(12-14)28-23-22(15-5-8-17(32-2)9-6-15)24(30)29(25(23)31)20-10-7-16(26)13-18(20)27/h4-13,28H,1-3H3. The van der Waals surface area contributed by atoms with E-state index in [9.17, 15) is 18.4 Å². The van der Waals surface area contributed by atoms with Crippen LogP contribution in [0.4, 0.5) is 20.2 Å². The Labute approximate surface area is 189 Å². The van der Waals surface area contributed by atoms with Crippen LogP contribution in [-0.2, 0) is 9.59 Å². The van der Waals surface area contributed by atoms with E-state index in [-0.39, 0.29) is 17.0 Å². The van der Waals surface area contributed by atoms with E-state index in [0.717, 1.165) is 17.7 Å². The normalized spacial score (nSPS) is 13.5. The van der Waals surface area contributed by atoms with Crippen molar-refractivity contribution in [2.75, 3.05) is 24.4 Å². The highest BCUT2D eigenvalue weighted by atomic mass is 19.1. The van der Waals surface area contributed by atoms with Crippen molar-refractivity contribution in [2.24, 2.45) is 0 Å². The Hall–Kier alpha value is -4.20. The highest BCUT2D eigenvalue weighted by molar-refractivity contribution is 6.46. The molecule has 4 rings (SSSR count). The lowest BCUT2D eigenvalue weighted by Crippen LogP contribution is -2.33. The van der Waals surface area contributed by atoms with Crippen molar-refractivity contribution in [3.8, 4) is 11.5 Å². The van der Waals surface area contributed by atoms with Gasteiger partial charge in [0.25, 0.3) is 11.8 Å². The van der Waals surface area contributed by atoms with Crippen molar-refractivity contribution < 1.29 is 27.8 Å². The number of halogens is 2. The highest BCUT2D eigenvalue weighted by Gasteiger charge is 2.41. The van der Waals surface area contributed by atoms with Gasteiger partial charge in [0, 0.05) is 6.07 Å². The van der Waals surface area contributed by atoms with Crippen molar-refractivity contribution in [3.63, 3.8) is 0 Å². The fourth-order valence-electron chi connectivity index (χ4n) is 3.61. The van der Waals surface area contributed by atoms with Gasteiger partial charge in [-0.15, -0.1) is 0 Å². The average molecular weight is 450 g/mol. The van der Waals surface area contributed by atoms with E-state index in [2.05, 4.69) is 5.32 Å². The van der Waals surface area contributed by atoms with Gasteiger partial charge < -0.3 is 14.8 Å². The van der Waals surface area contributed by atoms with Gasteiger partial charge in [0.15, 0.2) is 0 Å². The number of carbonyl (C=O) groups excluding carboxylic acids is 2. The molecule has 1 aliphatic heterocycles. The molecule has 3 aromatic rings. The Morgan fingerprint density at radius 2 is 1.58 bits per heavy atom. The van der Waals surface area contributed by atoms with Crippen LogP contribution in [-0.4, -0.2) is 26.0 Å². The molecule has 1 aliphatic rings. The maximum Gasteiger partial charge on any atom is 0.282 e. The van der Waals surface area contributed by atoms with E-state index in [1.54, 1.807) is 36.4 Å². The zero-order chi connectivity index (χ0) is 23.7. The second-order valence-electron chi connectivity index (χ2n) is 7.35. The number of ether oxygens (including phenoxy) is 2. The minimum Gasteiger partial charge on any atom is -0.497 e. The van der Waals surface area contributed by atoms with E-state index in [4.69, 9.17) is 9.47 Å². The van der Waals surface area contributed by atoms with Crippen molar-refractivity contribution in [1.82, 2.24) is 0 Å². The molecule has 0 fully saturated rings. The Morgan fingerprint density at radius 3 is 2.21 bits per heavy atom. The third-order valence-electron chi connectivity index (χ3n) is 5.23. The largest absolute Gasteiger partial charge is 0.497 e. The minimum atomic E-state index is -1.03. The quantitative estimate of drug-likeness (QED) is 0.552. The molecule has 0 spiro atoms. The predicted molar refractivity (Wildman–Crippen MR) is 120 cm³/mol. The van der Waals surface area contributed by atoms with Crippen molar-refractivity contribution in [2.45, 2.75) is 6.92 Å².